The molecule has 0 saturated carbocycles. The SMILES string of the molecule is CCCOc1c2c(c(-c3ccc4c(c3)OCO4)c3cc(CO)c(CO)cc13)C(=O)OC2.ClCCCI.O=C1OCc2c1c(-c1ccc3c(c1)OCO3)c1cc(CO)c(CO)cc1c2O.O=C1OCc2c1c(-c1ccc3c(c1)OCO3)c1cc(CO)c(CO)cc1c2OCCCCl. The molecular weight excluding hydrogens is 1400 g/mol. The molecule has 96 heavy (non-hydrogen) atoms. The van der Waals surface area contributed by atoms with Crippen molar-refractivity contribution in [3.05, 3.63) is 158 Å². The summed E-state index contributed by atoms with van der Waals surface area (Å²) in [5.41, 5.74) is 10.5. The minimum absolute atomic E-state index is 0.0241. The van der Waals surface area contributed by atoms with Gasteiger partial charge >= 0.3 is 17.9 Å². The molecule has 0 spiro atoms. The first-order chi connectivity index (χ1) is 46.8. The monoisotopic (exact) mass is 1460 g/mol. The van der Waals surface area contributed by atoms with Gasteiger partial charge in [0, 0.05) is 65.7 Å². The first-order valence-electron chi connectivity index (χ1n) is 30.8. The number of benzene rings is 9. The Morgan fingerprint density at radius 1 is 0.396 bits per heavy atom. The van der Waals surface area contributed by atoms with Crippen LogP contribution in [0.2, 0.25) is 0 Å². The Bertz CT molecular complexity index is 4530. The van der Waals surface area contributed by atoms with Crippen LogP contribution in [0.25, 0.3) is 65.7 Å². The largest absolute Gasteiger partial charge is 0.507 e. The molecule has 0 radical (unpaired) electrons. The van der Waals surface area contributed by atoms with E-state index in [1.54, 1.807) is 42.5 Å². The standard InChI is InChI=1S/C24H21ClO7.C24H22O7.C21H16O7.C3H6ClI/c25-4-1-5-29-23-17-7-15(10-27)14(9-26)6-16(17)21(22-18(23)11-30-24(22)28)13-2-3-19-20(8-13)32-12-31-19;1-2-5-28-23-17-7-15(10-26)14(9-25)6-16(17)21(22-18(23)11-29-24(22)27)13-3-4-19-20(8-13)31-12-30-19;22-6-11-3-13-14(4-12(11)7-23)20(24)15-8-26-21(25)19(15)18(13)10-1-2-16-17(5-10)28-9-27-16;4-2-1-3-5/h2-3,6-8,26-27H,1,4-5,9-12H2;3-4,6-8,25-26H,2,5,9-12H2,1H3;1-5,22-24H,6-9H2;1-3H2. The highest BCUT2D eigenvalue weighted by molar-refractivity contribution is 14.1. The van der Waals surface area contributed by atoms with Crippen molar-refractivity contribution in [2.24, 2.45) is 0 Å². The summed E-state index contributed by atoms with van der Waals surface area (Å²) in [4.78, 5) is 38.2. The van der Waals surface area contributed by atoms with Gasteiger partial charge in [-0.1, -0.05) is 47.7 Å². The first-order valence-corrected chi connectivity index (χ1v) is 33.4. The zero-order chi connectivity index (χ0) is 67.3. The van der Waals surface area contributed by atoms with E-state index in [9.17, 15) is 50.1 Å². The third kappa shape index (κ3) is 12.8. The quantitative estimate of drug-likeness (QED) is 0.0138. The molecule has 0 aliphatic carbocycles. The Hall–Kier alpha value is -8.56. The highest BCUT2D eigenvalue weighted by Gasteiger charge is 2.37. The Labute approximate surface area is 573 Å². The van der Waals surface area contributed by atoms with Gasteiger partial charge in [0.1, 0.15) is 37.1 Å². The zero-order valence-corrected chi connectivity index (χ0v) is 55.5. The lowest BCUT2D eigenvalue weighted by molar-refractivity contribution is 0.0525. The topological polar surface area (TPSA) is 294 Å². The maximum absolute atomic E-state index is 12.9. The number of ether oxygens (including phenoxy) is 11. The van der Waals surface area contributed by atoms with E-state index in [0.29, 0.717) is 177 Å². The number of phenolic OH excluding ortho intramolecular Hbond substituents is 1. The van der Waals surface area contributed by atoms with Crippen LogP contribution in [-0.2, 0) is 73.7 Å². The molecule has 6 heterocycles. The van der Waals surface area contributed by atoms with E-state index in [1.807, 2.05) is 55.5 Å². The minimum atomic E-state index is -0.517. The number of aliphatic hydroxyl groups excluding tert-OH is 6. The van der Waals surface area contributed by atoms with Crippen molar-refractivity contribution >= 4 is 96.0 Å². The van der Waals surface area contributed by atoms with E-state index in [0.717, 1.165) is 46.0 Å². The van der Waals surface area contributed by atoms with Crippen LogP contribution < -0.4 is 37.9 Å². The fourth-order valence-electron chi connectivity index (χ4n) is 12.4. The summed E-state index contributed by atoms with van der Waals surface area (Å²) < 4.78 is 62.1. The number of phenols is 1. The van der Waals surface area contributed by atoms with Crippen molar-refractivity contribution in [3.8, 4) is 85.1 Å². The number of hydrogen-bond donors (Lipinski definition) is 7. The van der Waals surface area contributed by atoms with Crippen LogP contribution in [-0.4, -0.2) is 103 Å². The van der Waals surface area contributed by atoms with Crippen molar-refractivity contribution in [1.29, 1.82) is 0 Å². The number of halogens is 3. The second kappa shape index (κ2) is 29.8. The van der Waals surface area contributed by atoms with Crippen molar-refractivity contribution < 1.29 is 102 Å². The van der Waals surface area contributed by atoms with E-state index < -0.39 is 17.9 Å². The maximum Gasteiger partial charge on any atom is 0.339 e. The zero-order valence-electron chi connectivity index (χ0n) is 51.8. The molecule has 0 aromatic heterocycles. The van der Waals surface area contributed by atoms with E-state index in [-0.39, 0.29) is 85.6 Å². The molecule has 6 aliphatic heterocycles. The fourth-order valence-corrected chi connectivity index (χ4v) is 13.5. The summed E-state index contributed by atoms with van der Waals surface area (Å²) in [6.45, 7) is 1.96. The second-order valence-electron chi connectivity index (χ2n) is 22.5. The van der Waals surface area contributed by atoms with Gasteiger partial charge in [0.15, 0.2) is 34.5 Å². The molecule has 6 aliphatic rings. The predicted octanol–water partition coefficient (Wildman–Crippen LogP) is 12.2. The third-order valence-corrected chi connectivity index (χ3v) is 18.3. The van der Waals surface area contributed by atoms with Crippen molar-refractivity contribution in [1.82, 2.24) is 0 Å². The van der Waals surface area contributed by atoms with Crippen LogP contribution in [0.1, 0.15) is 107 Å². The summed E-state index contributed by atoms with van der Waals surface area (Å²) in [5.74, 6) is 4.61. The lowest BCUT2D eigenvalue weighted by Gasteiger charge is -2.19. The lowest BCUT2D eigenvalue weighted by atomic mass is 9.87. The molecule has 500 valence electrons. The smallest absolute Gasteiger partial charge is 0.339 e. The molecule has 24 heteroatoms. The molecule has 0 unspecified atom stereocenters. The molecule has 0 fully saturated rings. The number of aromatic hydroxyl groups is 1. The Morgan fingerprint density at radius 2 is 0.719 bits per heavy atom. The molecule has 9 aromatic carbocycles. The number of hydrogen-bond acceptors (Lipinski definition) is 21. The normalized spacial score (nSPS) is 13.9. The number of esters is 3. The molecule has 21 nitrogen and oxygen atoms in total. The third-order valence-electron chi connectivity index (χ3n) is 17.0. The molecule has 0 atom stereocenters. The highest BCUT2D eigenvalue weighted by Crippen LogP contribution is 2.51. The molecule has 0 bridgehead atoms. The van der Waals surface area contributed by atoms with Crippen LogP contribution in [0.15, 0.2) is 91.0 Å². The number of carbonyl (C=O) groups is 3. The molecule has 9 aromatic rings. The van der Waals surface area contributed by atoms with Gasteiger partial charge in [-0.2, -0.15) is 0 Å². The maximum atomic E-state index is 12.9. The van der Waals surface area contributed by atoms with Crippen LogP contribution in [0.4, 0.5) is 0 Å². The van der Waals surface area contributed by atoms with E-state index >= 15 is 0 Å². The Balaban J connectivity index is 0.000000133. The number of rotatable bonds is 18. The summed E-state index contributed by atoms with van der Waals surface area (Å²) in [6.07, 6.45) is 2.58. The van der Waals surface area contributed by atoms with Crippen molar-refractivity contribution in [2.45, 2.75) is 85.6 Å². The van der Waals surface area contributed by atoms with E-state index in [1.165, 1.54) is 4.43 Å². The van der Waals surface area contributed by atoms with Gasteiger partial charge < -0.3 is 87.9 Å². The average Bonchev–Trinajstić information content (AvgIpc) is 1.40. The van der Waals surface area contributed by atoms with Gasteiger partial charge in [0.05, 0.1) is 69.5 Å². The first kappa shape index (κ1) is 67.4. The molecule has 0 saturated heterocycles. The average molecular weight is 1460 g/mol. The van der Waals surface area contributed by atoms with E-state index in [2.05, 4.69) is 22.6 Å². The predicted molar refractivity (Wildman–Crippen MR) is 362 cm³/mol. The second-order valence-corrected chi connectivity index (χ2v) is 24.4. The van der Waals surface area contributed by atoms with Gasteiger partial charge in [-0.25, -0.2) is 14.4 Å². The van der Waals surface area contributed by atoms with E-state index in [4.69, 9.17) is 75.3 Å². The fraction of sp³-hybridized carbons (Fsp3) is 0.292. The highest BCUT2D eigenvalue weighted by atomic mass is 127. The van der Waals surface area contributed by atoms with Gasteiger partial charge in [0.25, 0.3) is 0 Å². The summed E-state index contributed by atoms with van der Waals surface area (Å²) in [5, 5.41) is 73.6. The summed E-state index contributed by atoms with van der Waals surface area (Å²) in [6, 6.07) is 26.9. The van der Waals surface area contributed by atoms with Crippen molar-refractivity contribution in [2.75, 3.05) is 49.8 Å². The number of aliphatic hydroxyl groups is 6. The number of cyclic esters (lactones) is 3. The Morgan fingerprint density at radius 3 is 1.06 bits per heavy atom. The van der Waals surface area contributed by atoms with Crippen LogP contribution >= 0.6 is 45.8 Å². The number of carbonyl (C=O) groups excluding carboxylic acids is 3. The van der Waals surface area contributed by atoms with Gasteiger partial charge in [-0.05, 0) is 158 Å². The minimum Gasteiger partial charge on any atom is -0.507 e. The van der Waals surface area contributed by atoms with Crippen LogP contribution in [0.3, 0.4) is 0 Å². The van der Waals surface area contributed by atoms with Gasteiger partial charge in [0.2, 0.25) is 20.4 Å². The lowest BCUT2D eigenvalue weighted by Crippen LogP contribution is -2.06. The van der Waals surface area contributed by atoms with Crippen LogP contribution in [0.5, 0.6) is 51.7 Å². The van der Waals surface area contributed by atoms with Gasteiger partial charge in [-0.3, -0.25) is 0 Å². The summed E-state index contributed by atoms with van der Waals surface area (Å²) in [7, 11) is 0. The summed E-state index contributed by atoms with van der Waals surface area (Å²) >= 11 is 13.4. The van der Waals surface area contributed by atoms with Gasteiger partial charge in [-0.15, -0.1) is 23.2 Å². The van der Waals surface area contributed by atoms with Crippen molar-refractivity contribution in [3.63, 3.8) is 0 Å². The van der Waals surface area contributed by atoms with Crippen LogP contribution in [0, 0.1) is 0 Å². The number of fused-ring (bicyclic) bond motifs is 9. The molecule has 15 rings (SSSR count). The Kier molecular flexibility index (Phi) is 21.0. The molecular formula is C72H65Cl2IO21. The molecule has 7 N–H and O–H groups in total. The molecule has 0 amide bonds. The number of alkyl halides is 3.